The van der Waals surface area contributed by atoms with Crippen molar-refractivity contribution < 1.29 is 13.5 Å². The van der Waals surface area contributed by atoms with Crippen molar-refractivity contribution in [1.29, 1.82) is 0 Å². The second-order valence-electron chi connectivity index (χ2n) is 6.28. The Hall–Kier alpha value is -1.19. The van der Waals surface area contributed by atoms with Crippen LogP contribution in [-0.2, 0) is 6.54 Å². The highest BCUT2D eigenvalue weighted by atomic mass is 127. The molecule has 0 aliphatic rings. The van der Waals surface area contributed by atoms with Gasteiger partial charge in [0.2, 0.25) is 5.88 Å². The van der Waals surface area contributed by atoms with Gasteiger partial charge in [-0.05, 0) is 30.9 Å². The minimum absolute atomic E-state index is 0. The van der Waals surface area contributed by atoms with E-state index in [2.05, 4.69) is 36.1 Å². The lowest BCUT2D eigenvalue weighted by Crippen LogP contribution is -2.38. The molecule has 0 spiro atoms. The maximum Gasteiger partial charge on any atom is 0.272 e. The van der Waals surface area contributed by atoms with Crippen LogP contribution in [0.3, 0.4) is 0 Å². The number of nitrogens with two attached hydrogens (primary N) is 1. The van der Waals surface area contributed by atoms with Crippen molar-refractivity contribution in [3.05, 3.63) is 23.9 Å². The number of hydrogen-bond donors (Lipinski definition) is 2. The maximum atomic E-state index is 12.1. The number of halogens is 3. The van der Waals surface area contributed by atoms with E-state index in [1.165, 1.54) is 12.6 Å². The zero-order chi connectivity index (χ0) is 17.9. The lowest BCUT2D eigenvalue weighted by atomic mass is 10.0. The molecule has 1 unspecified atom stereocenters. The van der Waals surface area contributed by atoms with E-state index in [-0.39, 0.29) is 35.9 Å². The van der Waals surface area contributed by atoms with Crippen molar-refractivity contribution in [2.24, 2.45) is 16.6 Å². The number of guanidine groups is 1. The Kier molecular flexibility index (Phi) is 12.5. The molecular weight excluding hydrogens is 441 g/mol. The van der Waals surface area contributed by atoms with Gasteiger partial charge in [-0.2, -0.15) is 0 Å². The number of aliphatic imine (C=N–C) groups is 1. The Bertz CT molecular complexity index is 515. The van der Waals surface area contributed by atoms with Crippen LogP contribution in [0.2, 0.25) is 0 Å². The summed E-state index contributed by atoms with van der Waals surface area (Å²) in [6.07, 6.45) is 2.36. The van der Waals surface area contributed by atoms with Crippen molar-refractivity contribution >= 4 is 29.9 Å². The monoisotopic (exact) mass is 470 g/mol. The Morgan fingerprint density at radius 2 is 2.04 bits per heavy atom. The third-order valence-corrected chi connectivity index (χ3v) is 3.40. The molecule has 0 aliphatic carbocycles. The van der Waals surface area contributed by atoms with Crippen LogP contribution >= 0.6 is 24.0 Å². The van der Waals surface area contributed by atoms with Gasteiger partial charge < -0.3 is 15.8 Å². The van der Waals surface area contributed by atoms with Crippen LogP contribution in [0, 0.1) is 5.92 Å². The Balaban J connectivity index is 0.00000576. The number of ether oxygens (including phenoxy) is 1. The van der Waals surface area contributed by atoms with Crippen molar-refractivity contribution in [2.75, 3.05) is 6.61 Å². The molecule has 0 saturated heterocycles. The predicted molar refractivity (Wildman–Crippen MR) is 108 cm³/mol. The number of aromatic nitrogens is 1. The van der Waals surface area contributed by atoms with Crippen LogP contribution in [0.15, 0.2) is 23.3 Å². The number of rotatable bonds is 10. The van der Waals surface area contributed by atoms with E-state index in [9.17, 15) is 8.78 Å². The average molecular weight is 470 g/mol. The van der Waals surface area contributed by atoms with Gasteiger partial charge in [0.1, 0.15) is 0 Å². The van der Waals surface area contributed by atoms with E-state index in [0.29, 0.717) is 18.4 Å². The molecule has 1 rings (SSSR count). The second kappa shape index (κ2) is 13.1. The van der Waals surface area contributed by atoms with Crippen LogP contribution in [0.25, 0.3) is 0 Å². The SMILES string of the molecule is CC(C)CCCC(C)NC(N)=NCc1ccnc(OCC(F)F)c1.I. The van der Waals surface area contributed by atoms with E-state index in [1.54, 1.807) is 12.1 Å². The molecule has 0 amide bonds. The molecule has 8 heteroatoms. The normalized spacial score (nSPS) is 12.8. The first-order chi connectivity index (χ1) is 11.4. The van der Waals surface area contributed by atoms with Crippen LogP contribution in [-0.4, -0.2) is 30.0 Å². The highest BCUT2D eigenvalue weighted by Gasteiger charge is 2.06. The summed E-state index contributed by atoms with van der Waals surface area (Å²) < 4.78 is 29.1. The molecule has 25 heavy (non-hydrogen) atoms. The summed E-state index contributed by atoms with van der Waals surface area (Å²) in [4.78, 5) is 8.15. The smallest absolute Gasteiger partial charge is 0.272 e. The molecule has 5 nitrogen and oxygen atoms in total. The molecule has 0 bridgehead atoms. The van der Waals surface area contributed by atoms with E-state index in [1.807, 2.05) is 0 Å². The molecule has 0 fully saturated rings. The number of nitrogens with one attached hydrogen (secondary N) is 1. The van der Waals surface area contributed by atoms with Crippen LogP contribution < -0.4 is 15.8 Å². The lowest BCUT2D eigenvalue weighted by molar-refractivity contribution is 0.0795. The summed E-state index contributed by atoms with van der Waals surface area (Å²) in [5.41, 5.74) is 6.68. The molecule has 1 aromatic heterocycles. The third kappa shape index (κ3) is 11.9. The molecule has 3 N–H and O–H groups in total. The Morgan fingerprint density at radius 3 is 2.68 bits per heavy atom. The van der Waals surface area contributed by atoms with Gasteiger partial charge in [-0.15, -0.1) is 24.0 Å². The molecule has 1 heterocycles. The average Bonchev–Trinajstić information content (AvgIpc) is 2.51. The Morgan fingerprint density at radius 1 is 1.32 bits per heavy atom. The van der Waals surface area contributed by atoms with Crippen molar-refractivity contribution in [3.8, 4) is 5.88 Å². The van der Waals surface area contributed by atoms with Gasteiger partial charge in [0.05, 0.1) is 6.54 Å². The molecule has 1 aromatic rings. The zero-order valence-electron chi connectivity index (χ0n) is 15.0. The Labute approximate surface area is 165 Å². The van der Waals surface area contributed by atoms with Gasteiger partial charge in [-0.3, -0.25) is 0 Å². The third-order valence-electron chi connectivity index (χ3n) is 3.40. The lowest BCUT2D eigenvalue weighted by Gasteiger charge is -2.15. The van der Waals surface area contributed by atoms with Gasteiger partial charge in [0.15, 0.2) is 12.6 Å². The molecule has 0 radical (unpaired) electrons. The maximum absolute atomic E-state index is 12.1. The highest BCUT2D eigenvalue weighted by molar-refractivity contribution is 14.0. The fourth-order valence-corrected chi connectivity index (χ4v) is 2.16. The van der Waals surface area contributed by atoms with Crippen LogP contribution in [0.5, 0.6) is 5.88 Å². The quantitative estimate of drug-likeness (QED) is 0.309. The zero-order valence-corrected chi connectivity index (χ0v) is 17.4. The molecule has 0 aliphatic heterocycles. The van der Waals surface area contributed by atoms with E-state index in [0.717, 1.165) is 18.4 Å². The van der Waals surface area contributed by atoms with Gasteiger partial charge in [0.25, 0.3) is 6.43 Å². The second-order valence-corrected chi connectivity index (χ2v) is 6.28. The van der Waals surface area contributed by atoms with Crippen molar-refractivity contribution in [3.63, 3.8) is 0 Å². The standard InChI is InChI=1S/C17H28F2N4O.HI/c1-12(2)5-4-6-13(3)23-17(20)22-10-14-7-8-21-16(9-14)24-11-15(18)19;/h7-9,12-13,15H,4-6,10-11H2,1-3H3,(H3,20,22,23);1H. The van der Waals surface area contributed by atoms with Crippen LogP contribution in [0.1, 0.15) is 45.6 Å². The summed E-state index contributed by atoms with van der Waals surface area (Å²) >= 11 is 0. The van der Waals surface area contributed by atoms with Crippen molar-refractivity contribution in [2.45, 2.75) is 59.0 Å². The fraction of sp³-hybridized carbons (Fsp3) is 0.647. The van der Waals surface area contributed by atoms with Gasteiger partial charge in [-0.25, -0.2) is 18.8 Å². The number of pyridine rings is 1. The first kappa shape index (κ1) is 23.8. The number of hydrogen-bond acceptors (Lipinski definition) is 3. The summed E-state index contributed by atoms with van der Waals surface area (Å²) in [6, 6.07) is 3.60. The van der Waals surface area contributed by atoms with E-state index < -0.39 is 13.0 Å². The summed E-state index contributed by atoms with van der Waals surface area (Å²) in [5.74, 6) is 1.24. The van der Waals surface area contributed by atoms with Gasteiger partial charge >= 0.3 is 0 Å². The van der Waals surface area contributed by atoms with Gasteiger partial charge in [-0.1, -0.05) is 26.7 Å². The topological polar surface area (TPSA) is 72.5 Å². The highest BCUT2D eigenvalue weighted by Crippen LogP contribution is 2.11. The molecule has 0 aromatic carbocycles. The van der Waals surface area contributed by atoms with E-state index >= 15 is 0 Å². The van der Waals surface area contributed by atoms with E-state index in [4.69, 9.17) is 10.5 Å². The molecular formula is C17H29F2IN4O. The van der Waals surface area contributed by atoms with Crippen LogP contribution in [0.4, 0.5) is 8.78 Å². The van der Waals surface area contributed by atoms with Gasteiger partial charge in [0, 0.05) is 18.3 Å². The first-order valence-corrected chi connectivity index (χ1v) is 8.29. The van der Waals surface area contributed by atoms with Crippen molar-refractivity contribution in [1.82, 2.24) is 10.3 Å². The summed E-state index contributed by atoms with van der Waals surface area (Å²) in [7, 11) is 0. The number of alkyl halides is 2. The minimum atomic E-state index is -2.52. The summed E-state index contributed by atoms with van der Waals surface area (Å²) in [6.45, 7) is 6.16. The fourth-order valence-electron chi connectivity index (χ4n) is 2.16. The predicted octanol–water partition coefficient (Wildman–Crippen LogP) is 3.96. The molecule has 144 valence electrons. The number of nitrogens with zero attached hydrogens (tertiary/aromatic N) is 2. The largest absolute Gasteiger partial charge is 0.472 e. The first-order valence-electron chi connectivity index (χ1n) is 8.29. The summed E-state index contributed by atoms with van der Waals surface area (Å²) in [5, 5.41) is 3.16. The molecule has 1 atom stereocenters. The minimum Gasteiger partial charge on any atom is -0.472 e. The molecule has 0 saturated carbocycles.